The number of benzene rings is 1. The van der Waals surface area contributed by atoms with Crippen LogP contribution in [-0.2, 0) is 6.54 Å². The van der Waals surface area contributed by atoms with E-state index in [1.165, 1.54) is 0 Å². The first-order valence-electron chi connectivity index (χ1n) is 4.38. The van der Waals surface area contributed by atoms with Crippen molar-refractivity contribution in [2.45, 2.75) is 12.0 Å². The molecule has 14 heavy (non-hydrogen) atoms. The second-order valence-electron chi connectivity index (χ2n) is 3.11. The molecule has 1 unspecified atom stereocenters. The molecule has 0 aromatic heterocycles. The maximum atomic E-state index is 9.56. The van der Waals surface area contributed by atoms with Crippen LogP contribution in [0.4, 0.5) is 0 Å². The molecule has 0 spiro atoms. The Hall–Kier alpha value is -1.13. The number of phenolic OH excluding ortho intramolecular Hbond substituents is 1. The van der Waals surface area contributed by atoms with Crippen LogP contribution in [0.1, 0.15) is 5.56 Å². The maximum Gasteiger partial charge on any atom is 0.129 e. The molecule has 1 aliphatic heterocycles. The van der Waals surface area contributed by atoms with Crippen LogP contribution in [0.15, 0.2) is 35.9 Å². The van der Waals surface area contributed by atoms with E-state index in [0.717, 1.165) is 5.56 Å². The first kappa shape index (κ1) is 9.43. The average Bonchev–Trinajstić information content (AvgIpc) is 2.56. The minimum Gasteiger partial charge on any atom is -0.508 e. The molecule has 0 fully saturated rings. The minimum absolute atomic E-state index is 0.0328. The minimum atomic E-state index is -0.0328. The van der Waals surface area contributed by atoms with E-state index in [1.54, 1.807) is 17.8 Å². The Kier molecular flexibility index (Phi) is 2.65. The number of rotatable bonds is 2. The fraction of sp³-hybridized carbons (Fsp3) is 0.200. The van der Waals surface area contributed by atoms with Gasteiger partial charge in [-0.05, 0) is 11.5 Å². The largest absolute Gasteiger partial charge is 0.508 e. The van der Waals surface area contributed by atoms with Crippen molar-refractivity contribution in [1.29, 1.82) is 0 Å². The van der Waals surface area contributed by atoms with Gasteiger partial charge in [-0.2, -0.15) is 0 Å². The summed E-state index contributed by atoms with van der Waals surface area (Å²) in [5.74, 6) is 0.324. The smallest absolute Gasteiger partial charge is 0.129 e. The number of para-hydroxylation sites is 1. The van der Waals surface area contributed by atoms with E-state index in [2.05, 4.69) is 0 Å². The van der Waals surface area contributed by atoms with Crippen LogP contribution in [0.5, 0.6) is 5.75 Å². The maximum absolute atomic E-state index is 9.56. The van der Waals surface area contributed by atoms with Gasteiger partial charge in [-0.3, -0.25) is 0 Å². The fourth-order valence-electron chi connectivity index (χ4n) is 1.34. The van der Waals surface area contributed by atoms with Crippen molar-refractivity contribution in [3.05, 3.63) is 41.4 Å². The van der Waals surface area contributed by atoms with Gasteiger partial charge in [0.2, 0.25) is 0 Å². The van der Waals surface area contributed by atoms with Crippen molar-refractivity contribution in [3.63, 3.8) is 0 Å². The van der Waals surface area contributed by atoms with Crippen LogP contribution in [0.3, 0.4) is 0 Å². The fourth-order valence-corrected chi connectivity index (χ4v) is 2.03. The quantitative estimate of drug-likeness (QED) is 0.776. The monoisotopic (exact) mass is 208 g/mol. The predicted octanol–water partition coefficient (Wildman–Crippen LogP) is 1.65. The Bertz CT molecular complexity index is 354. The molecule has 2 rings (SSSR count). The zero-order valence-electron chi connectivity index (χ0n) is 7.63. The molecule has 3 N–H and O–H groups in total. The highest BCUT2D eigenvalue weighted by Crippen LogP contribution is 2.25. The molecule has 3 nitrogen and oxygen atoms in total. The second kappa shape index (κ2) is 3.94. The summed E-state index contributed by atoms with van der Waals surface area (Å²) in [6, 6.07) is 7.31. The third-order valence-corrected chi connectivity index (χ3v) is 2.97. The van der Waals surface area contributed by atoms with Crippen molar-refractivity contribution in [1.82, 2.24) is 4.90 Å². The van der Waals surface area contributed by atoms with Gasteiger partial charge in [-0.15, -0.1) is 0 Å². The Balaban J connectivity index is 2.11. The number of hydrogen-bond acceptors (Lipinski definition) is 4. The highest BCUT2D eigenvalue weighted by atomic mass is 32.2. The highest BCUT2D eigenvalue weighted by molar-refractivity contribution is 8.02. The summed E-state index contributed by atoms with van der Waals surface area (Å²) in [6.45, 7) is 0.650. The summed E-state index contributed by atoms with van der Waals surface area (Å²) in [5.41, 5.74) is 6.69. The molecule has 4 heteroatoms. The normalized spacial score (nSPS) is 20.4. The summed E-state index contributed by atoms with van der Waals surface area (Å²) in [5, 5.41) is 11.5. The summed E-state index contributed by atoms with van der Waals surface area (Å²) >= 11 is 1.57. The van der Waals surface area contributed by atoms with E-state index in [-0.39, 0.29) is 5.50 Å². The number of hydrogen-bond donors (Lipinski definition) is 2. The van der Waals surface area contributed by atoms with Crippen LogP contribution >= 0.6 is 11.8 Å². The summed E-state index contributed by atoms with van der Waals surface area (Å²) in [6.07, 6.45) is 1.95. The molecule has 74 valence electrons. The summed E-state index contributed by atoms with van der Waals surface area (Å²) in [4.78, 5) is 1.99. The molecule has 1 atom stereocenters. The van der Waals surface area contributed by atoms with E-state index in [1.807, 2.05) is 34.7 Å². The lowest BCUT2D eigenvalue weighted by atomic mass is 10.2. The van der Waals surface area contributed by atoms with Crippen molar-refractivity contribution >= 4 is 11.8 Å². The second-order valence-corrected chi connectivity index (χ2v) is 4.14. The molecule has 0 amide bonds. The van der Waals surface area contributed by atoms with Gasteiger partial charge < -0.3 is 15.7 Å². The molecule has 1 aromatic rings. The van der Waals surface area contributed by atoms with Crippen LogP contribution in [0, 0.1) is 0 Å². The molecule has 1 aromatic carbocycles. The third kappa shape index (κ3) is 1.86. The van der Waals surface area contributed by atoms with Gasteiger partial charge in [0.25, 0.3) is 0 Å². The van der Waals surface area contributed by atoms with Crippen molar-refractivity contribution in [2.24, 2.45) is 5.73 Å². The molecule has 0 saturated heterocycles. The molecule has 0 radical (unpaired) electrons. The van der Waals surface area contributed by atoms with Crippen LogP contribution in [0.2, 0.25) is 0 Å². The molecule has 0 saturated carbocycles. The lowest BCUT2D eigenvalue weighted by molar-refractivity contribution is 0.350. The van der Waals surface area contributed by atoms with Crippen molar-refractivity contribution in [2.75, 3.05) is 0 Å². The van der Waals surface area contributed by atoms with E-state index < -0.39 is 0 Å². The lowest BCUT2D eigenvalue weighted by Crippen LogP contribution is -2.31. The number of thioether (sulfide) groups is 1. The van der Waals surface area contributed by atoms with Crippen molar-refractivity contribution < 1.29 is 5.11 Å². The molecule has 1 aliphatic rings. The predicted molar refractivity (Wildman–Crippen MR) is 58.4 cm³/mol. The standard InChI is InChI=1S/C10H12N2OS/c11-10-12(5-6-14-10)7-8-3-1-2-4-9(8)13/h1-6,10,13H,7,11H2. The first-order chi connectivity index (χ1) is 6.77. The van der Waals surface area contributed by atoms with E-state index in [9.17, 15) is 5.11 Å². The van der Waals surface area contributed by atoms with E-state index in [0.29, 0.717) is 12.3 Å². The first-order valence-corrected chi connectivity index (χ1v) is 5.32. The zero-order valence-corrected chi connectivity index (χ0v) is 8.45. The number of nitrogens with zero attached hydrogens (tertiary/aromatic N) is 1. The van der Waals surface area contributed by atoms with Gasteiger partial charge in [0, 0.05) is 18.3 Å². The molecule has 1 heterocycles. The van der Waals surface area contributed by atoms with E-state index >= 15 is 0 Å². The number of phenols is 1. The van der Waals surface area contributed by atoms with Gasteiger partial charge in [0.15, 0.2) is 0 Å². The molecular formula is C10H12N2OS. The van der Waals surface area contributed by atoms with Gasteiger partial charge >= 0.3 is 0 Å². The summed E-state index contributed by atoms with van der Waals surface area (Å²) in [7, 11) is 0. The SMILES string of the molecule is NC1SC=CN1Cc1ccccc1O. The average molecular weight is 208 g/mol. The van der Waals surface area contributed by atoms with Crippen LogP contribution in [-0.4, -0.2) is 15.5 Å². The van der Waals surface area contributed by atoms with Crippen LogP contribution < -0.4 is 5.73 Å². The Morgan fingerprint density at radius 1 is 1.43 bits per heavy atom. The van der Waals surface area contributed by atoms with Crippen LogP contribution in [0.25, 0.3) is 0 Å². The van der Waals surface area contributed by atoms with Crippen molar-refractivity contribution in [3.8, 4) is 5.75 Å². The topological polar surface area (TPSA) is 49.5 Å². The Labute approximate surface area is 87.2 Å². The van der Waals surface area contributed by atoms with Gasteiger partial charge in [-0.1, -0.05) is 30.0 Å². The molecule has 0 bridgehead atoms. The Morgan fingerprint density at radius 3 is 2.86 bits per heavy atom. The van der Waals surface area contributed by atoms with E-state index in [4.69, 9.17) is 5.73 Å². The van der Waals surface area contributed by atoms with Gasteiger partial charge in [0.05, 0.1) is 0 Å². The molecule has 0 aliphatic carbocycles. The lowest BCUT2D eigenvalue weighted by Gasteiger charge is -2.21. The van der Waals surface area contributed by atoms with Gasteiger partial charge in [-0.25, -0.2) is 0 Å². The van der Waals surface area contributed by atoms with Gasteiger partial charge in [0.1, 0.15) is 11.2 Å². The number of aromatic hydroxyl groups is 1. The summed E-state index contributed by atoms with van der Waals surface area (Å²) < 4.78 is 0. The third-order valence-electron chi connectivity index (χ3n) is 2.14. The highest BCUT2D eigenvalue weighted by Gasteiger charge is 2.16. The Morgan fingerprint density at radius 2 is 2.21 bits per heavy atom. The molecular weight excluding hydrogens is 196 g/mol. The number of nitrogens with two attached hydrogens (primary N) is 1. The zero-order chi connectivity index (χ0) is 9.97.